The van der Waals surface area contributed by atoms with Crippen molar-refractivity contribution in [3.05, 3.63) is 48.0 Å². The molecule has 1 saturated heterocycles. The third-order valence-electron chi connectivity index (χ3n) is 3.50. The van der Waals surface area contributed by atoms with Crippen LogP contribution in [-0.2, 0) is 0 Å². The lowest BCUT2D eigenvalue weighted by Crippen LogP contribution is -2.42. The van der Waals surface area contributed by atoms with Gasteiger partial charge >= 0.3 is 0 Å². The summed E-state index contributed by atoms with van der Waals surface area (Å²) >= 11 is 0. The summed E-state index contributed by atoms with van der Waals surface area (Å²) in [4.78, 5) is 20.2. The molecule has 1 aromatic heterocycles. The van der Waals surface area contributed by atoms with Crippen molar-refractivity contribution in [1.82, 2.24) is 20.6 Å². The number of carbonyl (C=O) groups excluding carboxylic acids is 1. The van der Waals surface area contributed by atoms with Crippen molar-refractivity contribution in [3.63, 3.8) is 0 Å². The van der Waals surface area contributed by atoms with Crippen LogP contribution in [0.3, 0.4) is 0 Å². The monoisotopic (exact) mass is 302 g/mol. The first-order chi connectivity index (χ1) is 10.6. The summed E-state index contributed by atoms with van der Waals surface area (Å²) in [6.07, 6.45) is 2.17. The molecule has 0 unspecified atom stereocenters. The van der Waals surface area contributed by atoms with E-state index in [2.05, 4.69) is 20.6 Å². The Balaban J connectivity index is 1.72. The maximum Gasteiger partial charge on any atom is 0.254 e. The lowest BCUT2D eigenvalue weighted by Gasteiger charge is -2.15. The highest BCUT2D eigenvalue weighted by Crippen LogP contribution is 2.15. The van der Waals surface area contributed by atoms with Crippen molar-refractivity contribution in [2.75, 3.05) is 13.1 Å². The smallest absolute Gasteiger partial charge is 0.254 e. The average Bonchev–Trinajstić information content (AvgIpc) is 2.92. The van der Waals surface area contributed by atoms with E-state index in [1.54, 1.807) is 12.1 Å². The van der Waals surface area contributed by atoms with Crippen LogP contribution in [0.2, 0.25) is 0 Å². The topological polar surface area (TPSA) is 87.1 Å². The van der Waals surface area contributed by atoms with E-state index < -0.39 is 6.10 Å². The quantitative estimate of drug-likeness (QED) is 0.761. The molecule has 2 aromatic rings. The zero-order valence-corrected chi connectivity index (χ0v) is 11.7. The van der Waals surface area contributed by atoms with Crippen molar-refractivity contribution >= 4 is 5.91 Å². The molecular weight excluding hydrogens is 287 g/mol. The highest BCUT2D eigenvalue weighted by Gasteiger charge is 2.26. The van der Waals surface area contributed by atoms with Crippen LogP contribution < -0.4 is 10.6 Å². The fourth-order valence-electron chi connectivity index (χ4n) is 2.29. The number of nitrogens with zero attached hydrogens (tertiary/aromatic N) is 2. The van der Waals surface area contributed by atoms with E-state index >= 15 is 0 Å². The number of hydrogen-bond acceptors (Lipinski definition) is 5. The lowest BCUT2D eigenvalue weighted by atomic mass is 10.2. The van der Waals surface area contributed by atoms with Crippen molar-refractivity contribution in [1.29, 1.82) is 0 Å². The maximum absolute atomic E-state index is 13.2. The Hall–Kier alpha value is -2.38. The van der Waals surface area contributed by atoms with Gasteiger partial charge in [-0.1, -0.05) is 12.1 Å². The molecule has 7 heteroatoms. The third kappa shape index (κ3) is 3.10. The molecule has 0 spiro atoms. The molecule has 1 aliphatic rings. The van der Waals surface area contributed by atoms with E-state index in [0.717, 1.165) is 0 Å². The van der Waals surface area contributed by atoms with Gasteiger partial charge in [0.1, 0.15) is 5.82 Å². The molecule has 1 fully saturated rings. The zero-order chi connectivity index (χ0) is 15.5. The number of aliphatic hydroxyl groups is 1. The molecule has 114 valence electrons. The van der Waals surface area contributed by atoms with Crippen molar-refractivity contribution in [3.8, 4) is 11.4 Å². The van der Waals surface area contributed by atoms with Gasteiger partial charge in [-0.05, 0) is 12.1 Å². The molecule has 0 saturated carbocycles. The molecule has 0 bridgehead atoms. The van der Waals surface area contributed by atoms with Crippen LogP contribution >= 0.6 is 0 Å². The molecule has 2 heterocycles. The van der Waals surface area contributed by atoms with Crippen LogP contribution in [0.5, 0.6) is 0 Å². The van der Waals surface area contributed by atoms with Gasteiger partial charge in [-0.25, -0.2) is 14.4 Å². The standard InChI is InChI=1S/C15H15FN4O2/c16-11-3-1-2-9(4-11)14-18-5-10(6-19-14)15(22)20-12-7-17-8-13(12)21/h1-6,12-13,17,21H,7-8H2,(H,20,22)/t12-,13+/m0/s1. The van der Waals surface area contributed by atoms with E-state index in [1.165, 1.54) is 24.5 Å². The van der Waals surface area contributed by atoms with Crippen LogP contribution in [0.4, 0.5) is 4.39 Å². The Bertz CT molecular complexity index is 677. The summed E-state index contributed by atoms with van der Waals surface area (Å²) < 4.78 is 13.2. The number of aromatic nitrogens is 2. The molecule has 1 aromatic carbocycles. The summed E-state index contributed by atoms with van der Waals surface area (Å²) in [5, 5.41) is 15.4. The number of halogens is 1. The minimum Gasteiger partial charge on any atom is -0.390 e. The van der Waals surface area contributed by atoms with Crippen molar-refractivity contribution in [2.45, 2.75) is 12.1 Å². The Kier molecular flexibility index (Phi) is 4.08. The second-order valence-corrected chi connectivity index (χ2v) is 5.11. The number of benzene rings is 1. The van der Waals surface area contributed by atoms with Gasteiger partial charge in [-0.3, -0.25) is 4.79 Å². The maximum atomic E-state index is 13.2. The molecule has 22 heavy (non-hydrogen) atoms. The van der Waals surface area contributed by atoms with Gasteiger partial charge < -0.3 is 15.7 Å². The predicted octanol–water partition coefficient (Wildman–Crippen LogP) is 0.345. The summed E-state index contributed by atoms with van der Waals surface area (Å²) in [7, 11) is 0. The summed E-state index contributed by atoms with van der Waals surface area (Å²) in [5.41, 5.74) is 0.835. The Morgan fingerprint density at radius 3 is 2.73 bits per heavy atom. The molecule has 1 aliphatic heterocycles. The van der Waals surface area contributed by atoms with E-state index in [4.69, 9.17) is 0 Å². The van der Waals surface area contributed by atoms with Gasteiger partial charge in [0.2, 0.25) is 0 Å². The average molecular weight is 302 g/mol. The van der Waals surface area contributed by atoms with Gasteiger partial charge in [-0.2, -0.15) is 0 Å². The second-order valence-electron chi connectivity index (χ2n) is 5.11. The first-order valence-corrected chi connectivity index (χ1v) is 6.91. The minimum absolute atomic E-state index is 0.291. The van der Waals surface area contributed by atoms with Crippen LogP contribution in [0.15, 0.2) is 36.7 Å². The Labute approximate surface area is 126 Å². The number of amides is 1. The number of carbonyl (C=O) groups is 1. The zero-order valence-electron chi connectivity index (χ0n) is 11.7. The van der Waals surface area contributed by atoms with E-state index in [-0.39, 0.29) is 17.8 Å². The highest BCUT2D eigenvalue weighted by atomic mass is 19.1. The number of β-amino-alcohol motifs (C(OH)–C–C–N with tert-alkyl or cyclic N) is 1. The molecule has 1 amide bonds. The van der Waals surface area contributed by atoms with E-state index in [1.807, 2.05) is 0 Å². The number of nitrogens with one attached hydrogen (secondary N) is 2. The number of rotatable bonds is 3. The van der Waals surface area contributed by atoms with E-state index in [0.29, 0.717) is 30.0 Å². The fraction of sp³-hybridized carbons (Fsp3) is 0.267. The van der Waals surface area contributed by atoms with Crippen LogP contribution in [-0.4, -0.2) is 46.2 Å². The van der Waals surface area contributed by atoms with Crippen molar-refractivity contribution < 1.29 is 14.3 Å². The van der Waals surface area contributed by atoms with Gasteiger partial charge in [0.15, 0.2) is 5.82 Å². The fourth-order valence-corrected chi connectivity index (χ4v) is 2.29. The molecule has 2 atom stereocenters. The predicted molar refractivity (Wildman–Crippen MR) is 77.6 cm³/mol. The largest absolute Gasteiger partial charge is 0.390 e. The van der Waals surface area contributed by atoms with Gasteiger partial charge in [-0.15, -0.1) is 0 Å². The Morgan fingerprint density at radius 2 is 2.09 bits per heavy atom. The SMILES string of the molecule is O=C(N[C@H]1CNC[C@H]1O)c1cnc(-c2cccc(F)c2)nc1. The van der Waals surface area contributed by atoms with Crippen LogP contribution in [0, 0.1) is 5.82 Å². The first kappa shape index (κ1) is 14.6. The molecule has 0 radical (unpaired) electrons. The second kappa shape index (κ2) is 6.17. The lowest BCUT2D eigenvalue weighted by molar-refractivity contribution is 0.0888. The third-order valence-corrected chi connectivity index (χ3v) is 3.50. The van der Waals surface area contributed by atoms with Gasteiger partial charge in [0.25, 0.3) is 5.91 Å². The van der Waals surface area contributed by atoms with Crippen LogP contribution in [0.1, 0.15) is 10.4 Å². The molecule has 3 rings (SSSR count). The summed E-state index contributed by atoms with van der Waals surface area (Å²) in [6, 6.07) is 5.61. The van der Waals surface area contributed by atoms with Crippen LogP contribution in [0.25, 0.3) is 11.4 Å². The molecule has 6 nitrogen and oxygen atoms in total. The Morgan fingerprint density at radius 1 is 1.32 bits per heavy atom. The number of hydrogen-bond donors (Lipinski definition) is 3. The highest BCUT2D eigenvalue weighted by molar-refractivity contribution is 5.94. The minimum atomic E-state index is -0.601. The molecular formula is C15H15FN4O2. The molecule has 3 N–H and O–H groups in total. The van der Waals surface area contributed by atoms with Gasteiger partial charge in [0, 0.05) is 31.0 Å². The van der Waals surface area contributed by atoms with Gasteiger partial charge in [0.05, 0.1) is 17.7 Å². The van der Waals surface area contributed by atoms with Crippen molar-refractivity contribution in [2.24, 2.45) is 0 Å². The normalized spacial score (nSPS) is 20.8. The van der Waals surface area contributed by atoms with E-state index in [9.17, 15) is 14.3 Å². The molecule has 0 aliphatic carbocycles. The number of aliphatic hydroxyl groups excluding tert-OH is 1. The first-order valence-electron chi connectivity index (χ1n) is 6.91. The summed E-state index contributed by atoms with van der Waals surface area (Å²) in [5.74, 6) is -0.372. The summed E-state index contributed by atoms with van der Waals surface area (Å²) in [6.45, 7) is 0.981.